The Kier molecular flexibility index (Phi) is 16.1. The summed E-state index contributed by atoms with van der Waals surface area (Å²) < 4.78 is 37.6. The molecule has 4 N–H and O–H groups in total. The molecule has 0 bridgehead atoms. The van der Waals surface area contributed by atoms with Crippen molar-refractivity contribution in [3.05, 3.63) is 29.8 Å². The Hall–Kier alpha value is -1.38. The number of aryl methyl sites for hydroxylation is 1. The van der Waals surface area contributed by atoms with Crippen LogP contribution in [0, 0.1) is 0 Å². The molecule has 208 valence electrons. The van der Waals surface area contributed by atoms with Gasteiger partial charge in [0.2, 0.25) is 0 Å². The second-order valence-corrected chi connectivity index (χ2v) is 8.35. The van der Waals surface area contributed by atoms with Gasteiger partial charge >= 0.3 is 0 Å². The highest BCUT2D eigenvalue weighted by Crippen LogP contribution is 2.22. The SMILES string of the molecule is COCCOCCOCCOCCOc1ccc(CCCCOC2OC(CO)C(O)C(O)C2O)cc1. The fourth-order valence-corrected chi connectivity index (χ4v) is 3.49. The number of hydrogen-bond acceptors (Lipinski definition) is 11. The van der Waals surface area contributed by atoms with E-state index in [1.807, 2.05) is 24.3 Å². The highest BCUT2D eigenvalue weighted by molar-refractivity contribution is 5.27. The fourth-order valence-electron chi connectivity index (χ4n) is 3.49. The standard InChI is InChI=1S/C25H42O11/c1-30-10-11-31-12-13-32-14-15-33-16-17-34-20-7-5-19(6-8-20)4-2-3-9-35-25-24(29)23(28)22(27)21(18-26)36-25/h5-8,21-29H,2-4,9-18H2,1H3. The van der Waals surface area contributed by atoms with Gasteiger partial charge in [0.25, 0.3) is 0 Å². The minimum atomic E-state index is -1.43. The molecular formula is C25H42O11. The second-order valence-electron chi connectivity index (χ2n) is 8.35. The van der Waals surface area contributed by atoms with Crippen molar-refractivity contribution in [1.29, 1.82) is 0 Å². The first-order chi connectivity index (χ1) is 17.6. The highest BCUT2D eigenvalue weighted by Gasteiger charge is 2.43. The van der Waals surface area contributed by atoms with E-state index >= 15 is 0 Å². The van der Waals surface area contributed by atoms with E-state index in [0.29, 0.717) is 59.5 Å². The zero-order chi connectivity index (χ0) is 26.0. The van der Waals surface area contributed by atoms with Crippen LogP contribution in [0.25, 0.3) is 0 Å². The molecule has 0 spiro atoms. The number of methoxy groups -OCH3 is 1. The molecule has 1 aliphatic heterocycles. The average molecular weight is 519 g/mol. The average Bonchev–Trinajstić information content (AvgIpc) is 2.89. The zero-order valence-corrected chi connectivity index (χ0v) is 21.0. The third-order valence-corrected chi connectivity index (χ3v) is 5.59. The summed E-state index contributed by atoms with van der Waals surface area (Å²) in [5.41, 5.74) is 1.16. The molecule has 1 aromatic rings. The van der Waals surface area contributed by atoms with Crippen LogP contribution >= 0.6 is 0 Å². The number of hydrogen-bond donors (Lipinski definition) is 4. The maximum absolute atomic E-state index is 9.97. The largest absolute Gasteiger partial charge is 0.491 e. The van der Waals surface area contributed by atoms with Crippen LogP contribution in [0.1, 0.15) is 18.4 Å². The molecule has 0 saturated carbocycles. The Morgan fingerprint density at radius 2 is 1.33 bits per heavy atom. The van der Waals surface area contributed by atoms with Crippen LogP contribution in [0.5, 0.6) is 5.75 Å². The Labute approximate surface area is 212 Å². The van der Waals surface area contributed by atoms with Gasteiger partial charge in [-0.25, -0.2) is 0 Å². The van der Waals surface area contributed by atoms with E-state index in [0.717, 1.165) is 30.6 Å². The normalized spacial score (nSPS) is 24.2. The zero-order valence-electron chi connectivity index (χ0n) is 21.0. The smallest absolute Gasteiger partial charge is 0.186 e. The van der Waals surface area contributed by atoms with Crippen LogP contribution in [0.4, 0.5) is 0 Å². The molecule has 5 unspecified atom stereocenters. The molecule has 0 aliphatic carbocycles. The lowest BCUT2D eigenvalue weighted by molar-refractivity contribution is -0.301. The van der Waals surface area contributed by atoms with Gasteiger partial charge in [-0.05, 0) is 37.0 Å². The molecule has 11 heteroatoms. The Morgan fingerprint density at radius 3 is 1.94 bits per heavy atom. The number of unbranched alkanes of at least 4 members (excludes halogenated alkanes) is 1. The maximum atomic E-state index is 9.97. The van der Waals surface area contributed by atoms with E-state index in [1.54, 1.807) is 7.11 Å². The first kappa shape index (κ1) is 30.8. The van der Waals surface area contributed by atoms with Crippen LogP contribution in [-0.2, 0) is 34.8 Å². The predicted molar refractivity (Wildman–Crippen MR) is 129 cm³/mol. The van der Waals surface area contributed by atoms with Gasteiger partial charge in [0.15, 0.2) is 6.29 Å². The van der Waals surface area contributed by atoms with Crippen molar-refractivity contribution in [2.45, 2.75) is 50.0 Å². The van der Waals surface area contributed by atoms with Crippen molar-refractivity contribution in [3.8, 4) is 5.75 Å². The van der Waals surface area contributed by atoms with E-state index < -0.39 is 37.3 Å². The van der Waals surface area contributed by atoms with Gasteiger partial charge in [-0.3, -0.25) is 0 Å². The van der Waals surface area contributed by atoms with E-state index in [1.165, 1.54) is 0 Å². The van der Waals surface area contributed by atoms with Gasteiger partial charge < -0.3 is 53.6 Å². The molecule has 1 heterocycles. The van der Waals surface area contributed by atoms with E-state index in [2.05, 4.69) is 0 Å². The van der Waals surface area contributed by atoms with Crippen molar-refractivity contribution in [1.82, 2.24) is 0 Å². The van der Waals surface area contributed by atoms with Crippen molar-refractivity contribution in [2.24, 2.45) is 0 Å². The Bertz CT molecular complexity index is 658. The summed E-state index contributed by atoms with van der Waals surface area (Å²) >= 11 is 0. The molecule has 1 aliphatic rings. The Morgan fingerprint density at radius 1 is 0.722 bits per heavy atom. The van der Waals surface area contributed by atoms with Gasteiger partial charge in [0.05, 0.1) is 52.9 Å². The summed E-state index contributed by atoms with van der Waals surface area (Å²) in [5.74, 6) is 0.776. The second kappa shape index (κ2) is 18.8. The summed E-state index contributed by atoms with van der Waals surface area (Å²) in [6, 6.07) is 7.87. The molecule has 0 aromatic heterocycles. The van der Waals surface area contributed by atoms with Crippen molar-refractivity contribution >= 4 is 0 Å². The molecule has 36 heavy (non-hydrogen) atoms. The summed E-state index contributed by atoms with van der Waals surface area (Å²) in [6.45, 7) is 4.00. The first-order valence-corrected chi connectivity index (χ1v) is 12.4. The van der Waals surface area contributed by atoms with Gasteiger partial charge in [-0.2, -0.15) is 0 Å². The van der Waals surface area contributed by atoms with Crippen molar-refractivity contribution in [2.75, 3.05) is 73.2 Å². The topological polar surface area (TPSA) is 146 Å². The summed E-state index contributed by atoms with van der Waals surface area (Å²) in [5, 5.41) is 38.8. The number of benzene rings is 1. The molecule has 5 atom stereocenters. The lowest BCUT2D eigenvalue weighted by atomic mass is 9.99. The lowest BCUT2D eigenvalue weighted by Gasteiger charge is -2.39. The van der Waals surface area contributed by atoms with E-state index in [4.69, 9.17) is 33.2 Å². The molecule has 0 amide bonds. The van der Waals surface area contributed by atoms with Gasteiger partial charge in [-0.15, -0.1) is 0 Å². The minimum Gasteiger partial charge on any atom is -0.491 e. The molecule has 1 saturated heterocycles. The third-order valence-electron chi connectivity index (χ3n) is 5.59. The minimum absolute atomic E-state index is 0.317. The number of rotatable bonds is 20. The lowest BCUT2D eigenvalue weighted by Crippen LogP contribution is -2.59. The molecular weight excluding hydrogens is 476 g/mol. The van der Waals surface area contributed by atoms with Crippen LogP contribution in [0.2, 0.25) is 0 Å². The number of aliphatic hydroxyl groups is 4. The molecule has 11 nitrogen and oxygen atoms in total. The van der Waals surface area contributed by atoms with Gasteiger partial charge in [-0.1, -0.05) is 12.1 Å². The first-order valence-electron chi connectivity index (χ1n) is 12.4. The van der Waals surface area contributed by atoms with Gasteiger partial charge in [0.1, 0.15) is 36.8 Å². The predicted octanol–water partition coefficient (Wildman–Crippen LogP) is -0.0992. The van der Waals surface area contributed by atoms with Crippen LogP contribution in [0.15, 0.2) is 24.3 Å². The van der Waals surface area contributed by atoms with Crippen molar-refractivity contribution < 1.29 is 53.6 Å². The van der Waals surface area contributed by atoms with E-state index in [-0.39, 0.29) is 0 Å². The Balaban J connectivity index is 1.47. The molecule has 1 aromatic carbocycles. The maximum Gasteiger partial charge on any atom is 0.186 e. The quantitative estimate of drug-likeness (QED) is 0.172. The number of aliphatic hydroxyl groups excluding tert-OH is 4. The van der Waals surface area contributed by atoms with Crippen LogP contribution < -0.4 is 4.74 Å². The van der Waals surface area contributed by atoms with Crippen LogP contribution in [-0.4, -0.2) is 124 Å². The monoisotopic (exact) mass is 518 g/mol. The summed E-state index contributed by atoms with van der Waals surface area (Å²) in [7, 11) is 1.64. The van der Waals surface area contributed by atoms with Crippen molar-refractivity contribution in [3.63, 3.8) is 0 Å². The van der Waals surface area contributed by atoms with E-state index in [9.17, 15) is 20.4 Å². The van der Waals surface area contributed by atoms with Crippen LogP contribution in [0.3, 0.4) is 0 Å². The van der Waals surface area contributed by atoms with Gasteiger partial charge in [0, 0.05) is 13.7 Å². The highest BCUT2D eigenvalue weighted by atomic mass is 16.7. The number of ether oxygens (including phenoxy) is 7. The molecule has 1 fully saturated rings. The fraction of sp³-hybridized carbons (Fsp3) is 0.760. The molecule has 0 radical (unpaired) electrons. The summed E-state index contributed by atoms with van der Waals surface area (Å²) in [6.07, 6.45) is -3.81. The third kappa shape index (κ3) is 11.8. The summed E-state index contributed by atoms with van der Waals surface area (Å²) in [4.78, 5) is 0. The molecule has 2 rings (SSSR count).